The molecule has 4 N–H and O–H groups in total. The summed E-state index contributed by atoms with van der Waals surface area (Å²) in [5, 5.41) is 24.5. The summed E-state index contributed by atoms with van der Waals surface area (Å²) in [5.41, 5.74) is 0.235. The molecule has 116 valence electrons. The SMILES string of the molecule is C[C@H](O)C[NH2+][C@H](CC(=O)Nc1c(Cl)cccc1Cl)C(=O)[O-]. The molecular weight excluding hydrogens is 319 g/mol. The number of nitrogens with two attached hydrogens (primary N) is 1. The van der Waals surface area contributed by atoms with Crippen molar-refractivity contribution in [1.29, 1.82) is 0 Å². The topological polar surface area (TPSA) is 106 Å². The summed E-state index contributed by atoms with van der Waals surface area (Å²) in [5.74, 6) is -1.93. The van der Waals surface area contributed by atoms with E-state index in [4.69, 9.17) is 28.3 Å². The minimum atomic E-state index is -1.38. The van der Waals surface area contributed by atoms with Gasteiger partial charge in [-0.1, -0.05) is 29.3 Å². The highest BCUT2D eigenvalue weighted by Gasteiger charge is 2.20. The van der Waals surface area contributed by atoms with Gasteiger partial charge in [-0.2, -0.15) is 0 Å². The number of nitrogens with one attached hydrogen (secondary N) is 1. The number of hydrogen-bond acceptors (Lipinski definition) is 4. The number of aliphatic carboxylic acids is 1. The van der Waals surface area contributed by atoms with Gasteiger partial charge in [0.25, 0.3) is 0 Å². The summed E-state index contributed by atoms with van der Waals surface area (Å²) in [6, 6.07) is 3.64. The van der Waals surface area contributed by atoms with Gasteiger partial charge in [0, 0.05) is 0 Å². The van der Waals surface area contributed by atoms with E-state index in [0.29, 0.717) is 0 Å². The molecule has 0 aliphatic rings. The number of aliphatic hydroxyl groups is 1. The molecule has 0 aromatic heterocycles. The number of carboxylic acids is 1. The van der Waals surface area contributed by atoms with Crippen LogP contribution in [-0.4, -0.2) is 35.7 Å². The molecule has 8 heteroatoms. The highest BCUT2D eigenvalue weighted by Crippen LogP contribution is 2.29. The van der Waals surface area contributed by atoms with Crippen LogP contribution < -0.4 is 15.7 Å². The Morgan fingerprint density at radius 1 is 1.38 bits per heavy atom. The van der Waals surface area contributed by atoms with Gasteiger partial charge in [0.15, 0.2) is 0 Å². The second kappa shape index (κ2) is 8.19. The molecular formula is C13H16Cl2N2O4. The number of aliphatic hydroxyl groups excluding tert-OH is 1. The normalized spacial score (nSPS) is 13.5. The molecule has 1 aromatic rings. The zero-order valence-electron chi connectivity index (χ0n) is 11.3. The van der Waals surface area contributed by atoms with Crippen LogP contribution in [0.2, 0.25) is 10.0 Å². The van der Waals surface area contributed by atoms with E-state index < -0.39 is 24.0 Å². The van der Waals surface area contributed by atoms with Gasteiger partial charge in [-0.25, -0.2) is 0 Å². The standard InChI is InChI=1S/C13H16Cl2N2O4/c1-7(18)6-16-10(13(20)21)5-11(19)17-12-8(14)3-2-4-9(12)15/h2-4,7,10,16,18H,5-6H2,1H3,(H,17,19)(H,20,21)/t7-,10+/m0/s1. The van der Waals surface area contributed by atoms with Crippen molar-refractivity contribution >= 4 is 40.8 Å². The summed E-state index contributed by atoms with van der Waals surface area (Å²) in [6.45, 7) is 1.67. The first kappa shape index (κ1) is 17.7. The molecule has 2 atom stereocenters. The van der Waals surface area contributed by atoms with Crippen LogP contribution in [0.5, 0.6) is 0 Å². The average molecular weight is 335 g/mol. The Hall–Kier alpha value is -1.34. The van der Waals surface area contributed by atoms with Gasteiger partial charge < -0.3 is 25.6 Å². The number of halogens is 2. The van der Waals surface area contributed by atoms with Gasteiger partial charge in [0.2, 0.25) is 5.91 Å². The lowest BCUT2D eigenvalue weighted by molar-refractivity contribution is -0.687. The third kappa shape index (κ3) is 5.89. The number of carbonyl (C=O) groups is 2. The van der Waals surface area contributed by atoms with Crippen LogP contribution >= 0.6 is 23.2 Å². The van der Waals surface area contributed by atoms with Crippen molar-refractivity contribution in [2.24, 2.45) is 0 Å². The number of rotatable bonds is 7. The number of anilines is 1. The summed E-state index contributed by atoms with van der Waals surface area (Å²) in [4.78, 5) is 22.9. The lowest BCUT2D eigenvalue weighted by atomic mass is 10.2. The Balaban J connectivity index is 2.68. The molecule has 0 fully saturated rings. The van der Waals surface area contributed by atoms with Gasteiger partial charge >= 0.3 is 0 Å². The van der Waals surface area contributed by atoms with Gasteiger partial charge in [-0.05, 0) is 19.1 Å². The van der Waals surface area contributed by atoms with E-state index in [0.717, 1.165) is 0 Å². The number of hydrogen-bond donors (Lipinski definition) is 3. The number of quaternary nitrogens is 1. The predicted octanol–water partition coefficient (Wildman–Crippen LogP) is -0.615. The van der Waals surface area contributed by atoms with E-state index in [9.17, 15) is 14.7 Å². The molecule has 0 saturated carbocycles. The summed E-state index contributed by atoms with van der Waals surface area (Å²) < 4.78 is 0. The first-order chi connectivity index (χ1) is 9.81. The van der Waals surface area contributed by atoms with Crippen molar-refractivity contribution in [1.82, 2.24) is 0 Å². The van der Waals surface area contributed by atoms with Crippen LogP contribution in [0.3, 0.4) is 0 Å². The lowest BCUT2D eigenvalue weighted by Gasteiger charge is -2.17. The van der Waals surface area contributed by atoms with Gasteiger partial charge in [0.1, 0.15) is 12.6 Å². The first-order valence-electron chi connectivity index (χ1n) is 6.27. The molecule has 1 amide bonds. The minimum Gasteiger partial charge on any atom is -0.544 e. The van der Waals surface area contributed by atoms with E-state index in [1.54, 1.807) is 18.2 Å². The molecule has 0 aliphatic carbocycles. The molecule has 0 heterocycles. The van der Waals surface area contributed by atoms with E-state index in [2.05, 4.69) is 5.32 Å². The van der Waals surface area contributed by atoms with Crippen molar-refractivity contribution in [3.8, 4) is 0 Å². The van der Waals surface area contributed by atoms with Gasteiger partial charge in [-0.3, -0.25) is 4.79 Å². The second-order valence-electron chi connectivity index (χ2n) is 4.59. The van der Waals surface area contributed by atoms with Crippen molar-refractivity contribution < 1.29 is 25.1 Å². The van der Waals surface area contributed by atoms with E-state index in [-0.39, 0.29) is 28.7 Å². The minimum absolute atomic E-state index is 0.152. The number of carbonyl (C=O) groups excluding carboxylic acids is 2. The summed E-state index contributed by atoms with van der Waals surface area (Å²) in [6.07, 6.45) is -1.01. The molecule has 0 spiro atoms. The first-order valence-corrected chi connectivity index (χ1v) is 7.03. The summed E-state index contributed by atoms with van der Waals surface area (Å²) >= 11 is 11.8. The highest BCUT2D eigenvalue weighted by atomic mass is 35.5. The highest BCUT2D eigenvalue weighted by molar-refractivity contribution is 6.39. The molecule has 6 nitrogen and oxygen atoms in total. The van der Waals surface area contributed by atoms with Crippen molar-refractivity contribution in [2.75, 3.05) is 11.9 Å². The fourth-order valence-electron chi connectivity index (χ4n) is 1.63. The Morgan fingerprint density at radius 3 is 2.43 bits per heavy atom. The van der Waals surface area contributed by atoms with Crippen LogP contribution in [0.1, 0.15) is 13.3 Å². The Kier molecular flexibility index (Phi) is 6.91. The number of amides is 1. The zero-order valence-corrected chi connectivity index (χ0v) is 12.8. The van der Waals surface area contributed by atoms with E-state index in [1.165, 1.54) is 12.2 Å². The maximum Gasteiger partial charge on any atom is 0.230 e. The molecule has 1 aromatic carbocycles. The van der Waals surface area contributed by atoms with E-state index >= 15 is 0 Å². The Morgan fingerprint density at radius 2 is 1.95 bits per heavy atom. The van der Waals surface area contributed by atoms with Crippen LogP contribution in [0.25, 0.3) is 0 Å². The molecule has 0 saturated heterocycles. The van der Waals surface area contributed by atoms with Gasteiger partial charge in [-0.15, -0.1) is 0 Å². The quantitative estimate of drug-likeness (QED) is 0.618. The number of benzene rings is 1. The number of carboxylic acid groups (broad SMARTS) is 1. The lowest BCUT2D eigenvalue weighted by Crippen LogP contribution is -2.94. The van der Waals surface area contributed by atoms with Crippen LogP contribution in [0.4, 0.5) is 5.69 Å². The van der Waals surface area contributed by atoms with E-state index in [1.807, 2.05) is 0 Å². The van der Waals surface area contributed by atoms with Crippen LogP contribution in [-0.2, 0) is 9.59 Å². The predicted molar refractivity (Wildman–Crippen MR) is 77.0 cm³/mol. The van der Waals surface area contributed by atoms with Crippen LogP contribution in [0, 0.1) is 0 Å². The molecule has 0 radical (unpaired) electrons. The molecule has 1 rings (SSSR count). The zero-order chi connectivity index (χ0) is 16.0. The molecule has 0 unspecified atom stereocenters. The third-order valence-corrected chi connectivity index (χ3v) is 3.33. The average Bonchev–Trinajstić information content (AvgIpc) is 2.38. The van der Waals surface area contributed by atoms with Crippen molar-refractivity contribution in [2.45, 2.75) is 25.5 Å². The Labute approximate surface area is 132 Å². The molecule has 0 bridgehead atoms. The second-order valence-corrected chi connectivity index (χ2v) is 5.41. The van der Waals surface area contributed by atoms with Crippen LogP contribution in [0.15, 0.2) is 18.2 Å². The maximum atomic E-state index is 11.9. The van der Waals surface area contributed by atoms with Gasteiger partial charge in [0.05, 0.1) is 34.2 Å². The monoisotopic (exact) mass is 334 g/mol. The van der Waals surface area contributed by atoms with Crippen molar-refractivity contribution in [3.63, 3.8) is 0 Å². The number of para-hydroxylation sites is 1. The fraction of sp³-hybridized carbons (Fsp3) is 0.385. The third-order valence-electron chi connectivity index (χ3n) is 2.70. The van der Waals surface area contributed by atoms with Crippen molar-refractivity contribution in [3.05, 3.63) is 28.2 Å². The molecule has 0 aliphatic heterocycles. The Bertz CT molecular complexity index is 503. The molecule has 21 heavy (non-hydrogen) atoms. The largest absolute Gasteiger partial charge is 0.544 e. The maximum absolute atomic E-state index is 11.9. The fourth-order valence-corrected chi connectivity index (χ4v) is 2.12. The summed E-state index contributed by atoms with van der Waals surface area (Å²) in [7, 11) is 0. The smallest absolute Gasteiger partial charge is 0.230 e.